The van der Waals surface area contributed by atoms with Crippen molar-refractivity contribution in [3.05, 3.63) is 48.0 Å². The van der Waals surface area contributed by atoms with Crippen molar-refractivity contribution in [2.75, 3.05) is 0 Å². The van der Waals surface area contributed by atoms with E-state index in [1.807, 2.05) is 12.1 Å². The molecule has 0 aliphatic heterocycles. The second-order valence-electron chi connectivity index (χ2n) is 5.50. The van der Waals surface area contributed by atoms with Crippen molar-refractivity contribution in [2.24, 2.45) is 5.92 Å². The number of hydrogen-bond acceptors (Lipinski definition) is 4. The van der Waals surface area contributed by atoms with Crippen LogP contribution in [0.25, 0.3) is 0 Å². The van der Waals surface area contributed by atoms with E-state index < -0.39 is 0 Å². The molecule has 1 fully saturated rings. The molecule has 2 heterocycles. The summed E-state index contributed by atoms with van der Waals surface area (Å²) in [4.78, 5) is 16.2. The van der Waals surface area contributed by atoms with Gasteiger partial charge in [-0.3, -0.25) is 14.9 Å². The lowest BCUT2D eigenvalue weighted by atomic mass is 9.75. The summed E-state index contributed by atoms with van der Waals surface area (Å²) in [6, 6.07) is 5.55. The largest absolute Gasteiger partial charge is 0.393 e. The van der Waals surface area contributed by atoms with Crippen molar-refractivity contribution in [3.8, 4) is 0 Å². The van der Waals surface area contributed by atoms with Gasteiger partial charge in [-0.25, -0.2) is 0 Å². The minimum atomic E-state index is -0.237. The van der Waals surface area contributed by atoms with Crippen LogP contribution in [0.15, 0.2) is 36.8 Å². The Labute approximate surface area is 122 Å². The van der Waals surface area contributed by atoms with Crippen molar-refractivity contribution in [1.82, 2.24) is 20.5 Å². The number of rotatable bonds is 5. The van der Waals surface area contributed by atoms with Gasteiger partial charge in [0, 0.05) is 24.6 Å². The molecule has 0 aromatic carbocycles. The lowest BCUT2D eigenvalue weighted by molar-refractivity contribution is 0.0239. The van der Waals surface area contributed by atoms with Gasteiger partial charge in [0.05, 0.1) is 6.10 Å². The number of H-pyrrole nitrogens is 1. The third-order valence-corrected chi connectivity index (χ3v) is 3.99. The van der Waals surface area contributed by atoms with Crippen LogP contribution in [0.2, 0.25) is 0 Å². The molecule has 1 saturated carbocycles. The molecule has 110 valence electrons. The zero-order chi connectivity index (χ0) is 14.7. The highest BCUT2D eigenvalue weighted by Gasteiger charge is 2.35. The average Bonchev–Trinajstić information content (AvgIpc) is 2.98. The van der Waals surface area contributed by atoms with E-state index >= 15 is 0 Å². The van der Waals surface area contributed by atoms with Gasteiger partial charge in [-0.1, -0.05) is 0 Å². The molecule has 1 aliphatic carbocycles. The highest BCUT2D eigenvalue weighted by Crippen LogP contribution is 2.31. The second kappa shape index (κ2) is 6.05. The van der Waals surface area contributed by atoms with Crippen molar-refractivity contribution >= 4 is 5.91 Å². The SMILES string of the molecule is O=C(N[C@@H](Cc1ccncc1)C1CC(O)C1)c1ccn[nH]1. The minimum Gasteiger partial charge on any atom is -0.393 e. The van der Waals surface area contributed by atoms with Gasteiger partial charge in [0.2, 0.25) is 0 Å². The molecule has 3 rings (SSSR count). The Balaban J connectivity index is 1.69. The molecule has 2 aromatic rings. The Morgan fingerprint density at radius 3 is 2.71 bits per heavy atom. The molecule has 6 nitrogen and oxygen atoms in total. The average molecular weight is 286 g/mol. The third-order valence-electron chi connectivity index (χ3n) is 3.99. The molecule has 0 saturated heterocycles. The molecule has 0 radical (unpaired) electrons. The quantitative estimate of drug-likeness (QED) is 0.762. The van der Waals surface area contributed by atoms with Gasteiger partial charge in [-0.15, -0.1) is 0 Å². The van der Waals surface area contributed by atoms with E-state index in [4.69, 9.17) is 0 Å². The summed E-state index contributed by atoms with van der Waals surface area (Å²) in [6.45, 7) is 0. The lowest BCUT2D eigenvalue weighted by Crippen LogP contribution is -2.48. The number of pyridine rings is 1. The maximum atomic E-state index is 12.2. The van der Waals surface area contributed by atoms with E-state index in [9.17, 15) is 9.90 Å². The van der Waals surface area contributed by atoms with E-state index in [1.54, 1.807) is 24.7 Å². The van der Waals surface area contributed by atoms with E-state index in [1.165, 1.54) is 0 Å². The molecule has 0 spiro atoms. The Kier molecular flexibility index (Phi) is 3.96. The zero-order valence-corrected chi connectivity index (χ0v) is 11.6. The number of nitrogens with zero attached hydrogens (tertiary/aromatic N) is 2. The summed E-state index contributed by atoms with van der Waals surface area (Å²) in [7, 11) is 0. The van der Waals surface area contributed by atoms with Gasteiger partial charge >= 0.3 is 0 Å². The minimum absolute atomic E-state index is 0.00611. The van der Waals surface area contributed by atoms with E-state index in [0.29, 0.717) is 11.6 Å². The Bertz CT molecular complexity index is 579. The van der Waals surface area contributed by atoms with Gasteiger partial charge in [-0.05, 0) is 48.9 Å². The highest BCUT2D eigenvalue weighted by molar-refractivity contribution is 5.92. The third kappa shape index (κ3) is 3.28. The fourth-order valence-corrected chi connectivity index (χ4v) is 2.70. The molecule has 21 heavy (non-hydrogen) atoms. The van der Waals surface area contributed by atoms with Gasteiger partial charge in [0.15, 0.2) is 0 Å². The van der Waals surface area contributed by atoms with Crippen LogP contribution >= 0.6 is 0 Å². The standard InChI is InChI=1S/C15H18N4O2/c20-12-8-11(9-12)14(7-10-1-4-16-5-2-10)18-15(21)13-3-6-17-19-13/h1-6,11-12,14,20H,7-9H2,(H,17,19)(H,18,21)/t11?,12?,14-/m0/s1. The van der Waals surface area contributed by atoms with Gasteiger partial charge in [0.1, 0.15) is 5.69 Å². The summed E-state index contributed by atoms with van der Waals surface area (Å²) in [5.41, 5.74) is 1.58. The maximum absolute atomic E-state index is 12.2. The summed E-state index contributed by atoms with van der Waals surface area (Å²) < 4.78 is 0. The molecular weight excluding hydrogens is 268 g/mol. The molecule has 1 atom stereocenters. The first-order valence-corrected chi connectivity index (χ1v) is 7.09. The van der Waals surface area contributed by atoms with Crippen molar-refractivity contribution in [3.63, 3.8) is 0 Å². The van der Waals surface area contributed by atoms with E-state index in [2.05, 4.69) is 20.5 Å². The zero-order valence-electron chi connectivity index (χ0n) is 11.6. The highest BCUT2D eigenvalue weighted by atomic mass is 16.3. The lowest BCUT2D eigenvalue weighted by Gasteiger charge is -2.38. The van der Waals surface area contributed by atoms with Crippen molar-refractivity contribution in [2.45, 2.75) is 31.4 Å². The Morgan fingerprint density at radius 1 is 1.33 bits per heavy atom. The fraction of sp³-hybridized carbons (Fsp3) is 0.400. The summed E-state index contributed by atoms with van der Waals surface area (Å²) in [5.74, 6) is 0.146. The molecule has 0 bridgehead atoms. The molecule has 3 N–H and O–H groups in total. The maximum Gasteiger partial charge on any atom is 0.269 e. The smallest absolute Gasteiger partial charge is 0.269 e. The molecule has 6 heteroatoms. The number of hydrogen-bond donors (Lipinski definition) is 3. The van der Waals surface area contributed by atoms with Crippen LogP contribution in [0.5, 0.6) is 0 Å². The van der Waals surface area contributed by atoms with Crippen LogP contribution in [-0.4, -0.2) is 38.3 Å². The predicted octanol–water partition coefficient (Wildman–Crippen LogP) is 0.917. The number of aliphatic hydroxyl groups excluding tert-OH is 1. The number of carbonyl (C=O) groups excluding carboxylic acids is 1. The number of nitrogens with one attached hydrogen (secondary N) is 2. The fourth-order valence-electron chi connectivity index (χ4n) is 2.70. The first-order valence-electron chi connectivity index (χ1n) is 7.09. The first kappa shape index (κ1) is 13.8. The second-order valence-corrected chi connectivity index (χ2v) is 5.50. The normalized spacial score (nSPS) is 22.3. The molecule has 1 amide bonds. The van der Waals surface area contributed by atoms with Crippen LogP contribution in [0.1, 0.15) is 28.9 Å². The summed E-state index contributed by atoms with van der Waals surface area (Å²) in [6.07, 6.45) is 7.02. The van der Waals surface area contributed by atoms with Gasteiger partial charge in [-0.2, -0.15) is 5.10 Å². The Morgan fingerprint density at radius 2 is 2.10 bits per heavy atom. The number of aromatic amines is 1. The molecule has 2 aromatic heterocycles. The Hall–Kier alpha value is -2.21. The number of aromatic nitrogens is 3. The van der Waals surface area contributed by atoms with E-state index in [0.717, 1.165) is 24.8 Å². The summed E-state index contributed by atoms with van der Waals surface area (Å²) >= 11 is 0. The van der Waals surface area contributed by atoms with Gasteiger partial charge < -0.3 is 10.4 Å². The molecule has 1 aliphatic rings. The van der Waals surface area contributed by atoms with Gasteiger partial charge in [0.25, 0.3) is 5.91 Å². The molecule has 0 unspecified atom stereocenters. The van der Waals surface area contributed by atoms with Crippen LogP contribution in [0.3, 0.4) is 0 Å². The van der Waals surface area contributed by atoms with Crippen LogP contribution < -0.4 is 5.32 Å². The first-order chi connectivity index (χ1) is 10.2. The summed E-state index contributed by atoms with van der Waals surface area (Å²) in [5, 5.41) is 19.0. The molecular formula is C15H18N4O2. The monoisotopic (exact) mass is 286 g/mol. The number of aliphatic hydroxyl groups is 1. The van der Waals surface area contributed by atoms with Crippen molar-refractivity contribution in [1.29, 1.82) is 0 Å². The van der Waals surface area contributed by atoms with Crippen LogP contribution in [0.4, 0.5) is 0 Å². The number of carbonyl (C=O) groups is 1. The topological polar surface area (TPSA) is 90.9 Å². The number of amides is 1. The predicted molar refractivity (Wildman–Crippen MR) is 76.5 cm³/mol. The van der Waals surface area contributed by atoms with Crippen LogP contribution in [0, 0.1) is 5.92 Å². The van der Waals surface area contributed by atoms with Crippen LogP contribution in [-0.2, 0) is 6.42 Å². The van der Waals surface area contributed by atoms with E-state index in [-0.39, 0.29) is 18.1 Å². The van der Waals surface area contributed by atoms with Crippen molar-refractivity contribution < 1.29 is 9.90 Å².